The number of benzene rings is 2. The fourth-order valence-corrected chi connectivity index (χ4v) is 3.94. The van der Waals surface area contributed by atoms with E-state index in [1.54, 1.807) is 11.1 Å². The quantitative estimate of drug-likeness (QED) is 0.884. The largest absolute Gasteiger partial charge is 0.493 e. The summed E-state index contributed by atoms with van der Waals surface area (Å²) in [6, 6.07) is 16.2. The van der Waals surface area contributed by atoms with Crippen LogP contribution in [0.4, 0.5) is 0 Å². The molecule has 0 saturated carbocycles. The van der Waals surface area contributed by atoms with Crippen LogP contribution >= 0.6 is 0 Å². The molecule has 23 heavy (non-hydrogen) atoms. The van der Waals surface area contributed by atoms with Gasteiger partial charge in [-0.05, 0) is 55.4 Å². The Morgan fingerprint density at radius 1 is 1.04 bits per heavy atom. The maximum absolute atomic E-state index is 5.78. The number of ether oxygens (including phenoxy) is 1. The van der Waals surface area contributed by atoms with Crippen LogP contribution in [-0.4, -0.2) is 6.61 Å². The second-order valence-electron chi connectivity index (χ2n) is 6.85. The molecule has 2 nitrogen and oxygen atoms in total. The highest BCUT2D eigenvalue weighted by Gasteiger charge is 2.23. The summed E-state index contributed by atoms with van der Waals surface area (Å²) >= 11 is 0. The van der Waals surface area contributed by atoms with Gasteiger partial charge in [0, 0.05) is 24.1 Å². The number of fused-ring (bicyclic) bond motifs is 2. The van der Waals surface area contributed by atoms with Crippen molar-refractivity contribution in [3.05, 3.63) is 64.7 Å². The molecule has 0 radical (unpaired) electrons. The number of hydrogen-bond acceptors (Lipinski definition) is 2. The Hall–Kier alpha value is -1.80. The van der Waals surface area contributed by atoms with Crippen LogP contribution in [0.1, 0.15) is 60.5 Å². The lowest BCUT2D eigenvalue weighted by Crippen LogP contribution is -2.29. The molecule has 0 aromatic heterocycles. The number of hydrogen-bond donors (Lipinski definition) is 1. The summed E-state index contributed by atoms with van der Waals surface area (Å²) in [5.41, 5.74) is 5.83. The smallest absolute Gasteiger partial charge is 0.124 e. The predicted octanol–water partition coefficient (Wildman–Crippen LogP) is 4.74. The second-order valence-corrected chi connectivity index (χ2v) is 6.85. The molecule has 0 fully saturated rings. The Balaban J connectivity index is 1.53. The van der Waals surface area contributed by atoms with Gasteiger partial charge in [-0.1, -0.05) is 36.4 Å². The van der Waals surface area contributed by atoms with Crippen molar-refractivity contribution in [2.75, 3.05) is 6.61 Å². The van der Waals surface area contributed by atoms with Crippen molar-refractivity contribution in [3.63, 3.8) is 0 Å². The molecule has 0 spiro atoms. The summed E-state index contributed by atoms with van der Waals surface area (Å²) in [6.45, 7) is 3.08. The first-order valence-corrected chi connectivity index (χ1v) is 8.91. The Labute approximate surface area is 138 Å². The van der Waals surface area contributed by atoms with E-state index in [1.807, 2.05) is 6.07 Å². The summed E-state index contributed by atoms with van der Waals surface area (Å²) in [6.07, 6.45) is 6.22. The molecule has 1 N–H and O–H groups in total. The Morgan fingerprint density at radius 3 is 2.78 bits per heavy atom. The van der Waals surface area contributed by atoms with E-state index in [9.17, 15) is 0 Å². The van der Waals surface area contributed by atoms with Crippen LogP contribution in [0, 0.1) is 0 Å². The number of aryl methyl sites for hydroxylation is 2. The first-order valence-electron chi connectivity index (χ1n) is 8.91. The zero-order valence-electron chi connectivity index (χ0n) is 13.8. The minimum absolute atomic E-state index is 0.360. The van der Waals surface area contributed by atoms with Gasteiger partial charge < -0.3 is 10.1 Å². The maximum atomic E-state index is 5.78. The molecule has 2 heteroatoms. The molecule has 1 heterocycles. The van der Waals surface area contributed by atoms with E-state index >= 15 is 0 Å². The van der Waals surface area contributed by atoms with E-state index in [4.69, 9.17) is 4.74 Å². The van der Waals surface area contributed by atoms with Gasteiger partial charge in [0.1, 0.15) is 5.75 Å². The molecule has 2 aliphatic rings. The maximum Gasteiger partial charge on any atom is 0.124 e. The number of rotatable bonds is 3. The molecule has 0 bridgehead atoms. The van der Waals surface area contributed by atoms with Crippen LogP contribution < -0.4 is 10.1 Å². The lowest BCUT2D eigenvalue weighted by Gasteiger charge is -2.30. The van der Waals surface area contributed by atoms with E-state index in [0.717, 1.165) is 18.8 Å². The molecule has 2 aromatic carbocycles. The van der Waals surface area contributed by atoms with Gasteiger partial charge in [0.15, 0.2) is 0 Å². The first-order chi connectivity index (χ1) is 11.3. The molecule has 2 atom stereocenters. The molecule has 2 unspecified atom stereocenters. The van der Waals surface area contributed by atoms with Crippen LogP contribution in [0.2, 0.25) is 0 Å². The third-order valence-electron chi connectivity index (χ3n) is 5.28. The van der Waals surface area contributed by atoms with Gasteiger partial charge in [-0.25, -0.2) is 0 Å². The topological polar surface area (TPSA) is 21.3 Å². The fraction of sp³-hybridized carbons (Fsp3) is 0.429. The van der Waals surface area contributed by atoms with Gasteiger partial charge in [0.05, 0.1) is 6.61 Å². The molecular formula is C21H25NO. The molecule has 0 amide bonds. The first kappa shape index (κ1) is 14.8. The van der Waals surface area contributed by atoms with Crippen LogP contribution in [0.5, 0.6) is 5.75 Å². The van der Waals surface area contributed by atoms with Crippen molar-refractivity contribution in [2.24, 2.45) is 0 Å². The van der Waals surface area contributed by atoms with Crippen molar-refractivity contribution in [3.8, 4) is 5.75 Å². The Kier molecular flexibility index (Phi) is 4.09. The van der Waals surface area contributed by atoms with Gasteiger partial charge in [-0.2, -0.15) is 0 Å². The van der Waals surface area contributed by atoms with Gasteiger partial charge in [0.25, 0.3) is 0 Å². The second kappa shape index (κ2) is 6.37. The van der Waals surface area contributed by atoms with Crippen molar-refractivity contribution >= 4 is 0 Å². The number of nitrogens with one attached hydrogen (secondary N) is 1. The molecular weight excluding hydrogens is 282 g/mol. The predicted molar refractivity (Wildman–Crippen MR) is 93.9 cm³/mol. The van der Waals surface area contributed by atoms with Crippen molar-refractivity contribution in [1.29, 1.82) is 0 Å². The zero-order valence-corrected chi connectivity index (χ0v) is 13.8. The van der Waals surface area contributed by atoms with E-state index < -0.39 is 0 Å². The highest BCUT2D eigenvalue weighted by molar-refractivity contribution is 5.38. The average molecular weight is 307 g/mol. The Morgan fingerprint density at radius 2 is 1.87 bits per heavy atom. The monoisotopic (exact) mass is 307 g/mol. The molecule has 1 aliphatic heterocycles. The van der Waals surface area contributed by atoms with Crippen molar-refractivity contribution < 1.29 is 4.74 Å². The summed E-state index contributed by atoms with van der Waals surface area (Å²) in [5, 5.41) is 3.82. The molecule has 1 aliphatic carbocycles. The van der Waals surface area contributed by atoms with E-state index in [1.165, 1.54) is 36.8 Å². The van der Waals surface area contributed by atoms with Crippen LogP contribution in [-0.2, 0) is 12.8 Å². The minimum Gasteiger partial charge on any atom is -0.493 e. The lowest BCUT2D eigenvalue weighted by atomic mass is 9.89. The van der Waals surface area contributed by atoms with E-state index in [0.29, 0.717) is 12.1 Å². The summed E-state index contributed by atoms with van der Waals surface area (Å²) < 4.78 is 5.78. The molecule has 2 aromatic rings. The van der Waals surface area contributed by atoms with Gasteiger partial charge in [-0.15, -0.1) is 0 Å². The van der Waals surface area contributed by atoms with Gasteiger partial charge in [0.2, 0.25) is 0 Å². The summed E-state index contributed by atoms with van der Waals surface area (Å²) in [4.78, 5) is 0. The minimum atomic E-state index is 0.360. The summed E-state index contributed by atoms with van der Waals surface area (Å²) in [7, 11) is 0. The highest BCUT2D eigenvalue weighted by Crippen LogP contribution is 2.33. The van der Waals surface area contributed by atoms with E-state index in [2.05, 4.69) is 48.6 Å². The van der Waals surface area contributed by atoms with Crippen LogP contribution in [0.25, 0.3) is 0 Å². The third kappa shape index (κ3) is 3.00. The zero-order chi connectivity index (χ0) is 15.6. The van der Waals surface area contributed by atoms with Gasteiger partial charge in [-0.3, -0.25) is 0 Å². The molecule has 120 valence electrons. The SMILES string of the molecule is CC(NC1CCOc2ccccc21)c1ccc2c(c1)CCCC2. The molecule has 4 rings (SSSR count). The molecule has 0 saturated heterocycles. The standard InChI is InChI=1S/C21H25NO/c1-15(17-11-10-16-6-2-3-7-18(16)14-17)22-20-12-13-23-21-9-5-4-8-19(20)21/h4-5,8-11,14-15,20,22H,2-3,6-7,12-13H2,1H3. The van der Waals surface area contributed by atoms with Crippen LogP contribution in [0.3, 0.4) is 0 Å². The average Bonchev–Trinajstić information content (AvgIpc) is 2.61. The fourth-order valence-electron chi connectivity index (χ4n) is 3.94. The van der Waals surface area contributed by atoms with Crippen LogP contribution in [0.15, 0.2) is 42.5 Å². The van der Waals surface area contributed by atoms with E-state index in [-0.39, 0.29) is 0 Å². The normalized spacial score (nSPS) is 21.0. The lowest BCUT2D eigenvalue weighted by molar-refractivity contribution is 0.246. The van der Waals surface area contributed by atoms with Crippen molar-refractivity contribution in [1.82, 2.24) is 5.32 Å². The van der Waals surface area contributed by atoms with Crippen molar-refractivity contribution in [2.45, 2.75) is 51.1 Å². The summed E-state index contributed by atoms with van der Waals surface area (Å²) in [5.74, 6) is 1.04. The Bertz CT molecular complexity index is 694. The number of para-hydroxylation sites is 1. The van der Waals surface area contributed by atoms with Gasteiger partial charge >= 0.3 is 0 Å². The third-order valence-corrected chi connectivity index (χ3v) is 5.28. The highest BCUT2D eigenvalue weighted by atomic mass is 16.5.